The molecular weight excluding hydrogens is 261 g/mol. The molecule has 0 atom stereocenters. The van der Waals surface area contributed by atoms with E-state index in [0.29, 0.717) is 18.3 Å². The van der Waals surface area contributed by atoms with E-state index >= 15 is 0 Å². The van der Waals surface area contributed by atoms with Gasteiger partial charge in [0.1, 0.15) is 10.3 Å². The topological polar surface area (TPSA) is 39.1 Å². The van der Waals surface area contributed by atoms with Gasteiger partial charge in [0.25, 0.3) is 0 Å². The Morgan fingerprint density at radius 3 is 1.76 bits per heavy atom. The molecule has 1 heterocycles. The quantitative estimate of drug-likeness (QED) is 0.800. The van der Waals surface area contributed by atoms with Crippen molar-refractivity contribution in [3.8, 4) is 5.69 Å². The van der Waals surface area contributed by atoms with Crippen molar-refractivity contribution in [2.24, 2.45) is 0 Å². The Kier molecular flexibility index (Phi) is 3.31. The highest BCUT2D eigenvalue weighted by molar-refractivity contribution is 6.38. The van der Waals surface area contributed by atoms with Crippen LogP contribution in [0.2, 0.25) is 10.3 Å². The van der Waals surface area contributed by atoms with Crippen LogP contribution in [0.4, 0.5) is 0 Å². The Morgan fingerprint density at radius 1 is 0.882 bits per heavy atom. The molecule has 1 aromatic heterocycles. The van der Waals surface area contributed by atoms with Gasteiger partial charge in [-0.05, 0) is 12.1 Å². The predicted octanol–water partition coefficient (Wildman–Crippen LogP) is 3.41. The number of halogens is 2. The summed E-state index contributed by atoms with van der Waals surface area (Å²) in [5, 5.41) is 0.275. The molecule has 0 fully saturated rings. The number of hydrogen-bond donors (Lipinski definition) is 0. The van der Waals surface area contributed by atoms with E-state index in [2.05, 4.69) is 0 Å². The maximum absolute atomic E-state index is 10.9. The first-order chi connectivity index (χ1) is 8.20. The van der Waals surface area contributed by atoms with Crippen molar-refractivity contribution in [1.82, 2.24) is 4.57 Å². The van der Waals surface area contributed by atoms with Crippen molar-refractivity contribution in [2.45, 2.75) is 0 Å². The van der Waals surface area contributed by atoms with Gasteiger partial charge in [0.2, 0.25) is 0 Å². The van der Waals surface area contributed by atoms with Crippen LogP contribution in [0, 0.1) is 0 Å². The molecule has 5 heteroatoms. The van der Waals surface area contributed by atoms with Crippen LogP contribution in [-0.4, -0.2) is 17.1 Å². The monoisotopic (exact) mass is 267 g/mol. The average Bonchev–Trinajstić information content (AvgIpc) is 2.60. The number of aromatic nitrogens is 1. The minimum atomic E-state index is 0.107. The highest BCUT2D eigenvalue weighted by atomic mass is 35.5. The van der Waals surface area contributed by atoms with E-state index in [1.807, 2.05) is 18.2 Å². The van der Waals surface area contributed by atoms with Crippen LogP contribution in [0.25, 0.3) is 5.69 Å². The van der Waals surface area contributed by atoms with E-state index < -0.39 is 0 Å². The molecule has 0 aliphatic heterocycles. The standard InChI is InChI=1S/C12H7Cl2NO2/c13-11-9(6-16)10(7-17)12(14)15(11)8-4-2-1-3-5-8/h1-7H. The molecule has 3 nitrogen and oxygen atoms in total. The maximum atomic E-state index is 10.9. The molecule has 0 unspecified atom stereocenters. The summed E-state index contributed by atoms with van der Waals surface area (Å²) in [4.78, 5) is 21.8. The number of carbonyl (C=O) groups is 2. The zero-order valence-corrected chi connectivity index (χ0v) is 10.1. The van der Waals surface area contributed by atoms with E-state index in [9.17, 15) is 9.59 Å². The van der Waals surface area contributed by atoms with Crippen molar-refractivity contribution in [3.63, 3.8) is 0 Å². The molecule has 2 aromatic rings. The van der Waals surface area contributed by atoms with Crippen LogP contribution in [-0.2, 0) is 0 Å². The second-order valence-corrected chi connectivity index (χ2v) is 4.03. The van der Waals surface area contributed by atoms with Crippen LogP contribution < -0.4 is 0 Å². The highest BCUT2D eigenvalue weighted by Gasteiger charge is 2.20. The number of nitrogens with zero attached hydrogens (tertiary/aromatic N) is 1. The Hall–Kier alpha value is -1.58. The second-order valence-electron chi connectivity index (χ2n) is 3.32. The van der Waals surface area contributed by atoms with E-state index in [-0.39, 0.29) is 21.4 Å². The first kappa shape index (κ1) is 11.9. The summed E-state index contributed by atoms with van der Waals surface area (Å²) in [6, 6.07) is 9.02. The molecule has 2 rings (SSSR count). The minimum Gasteiger partial charge on any atom is -0.298 e. The van der Waals surface area contributed by atoms with E-state index in [1.165, 1.54) is 4.57 Å². The van der Waals surface area contributed by atoms with Gasteiger partial charge < -0.3 is 0 Å². The Morgan fingerprint density at radius 2 is 1.35 bits per heavy atom. The highest BCUT2D eigenvalue weighted by Crippen LogP contribution is 2.32. The van der Waals surface area contributed by atoms with Gasteiger partial charge in [0.15, 0.2) is 12.6 Å². The molecule has 0 aliphatic carbocycles. The van der Waals surface area contributed by atoms with Crippen LogP contribution in [0.1, 0.15) is 20.7 Å². The first-order valence-electron chi connectivity index (χ1n) is 4.76. The van der Waals surface area contributed by atoms with Gasteiger partial charge in [0.05, 0.1) is 11.1 Å². The fourth-order valence-electron chi connectivity index (χ4n) is 1.58. The van der Waals surface area contributed by atoms with Gasteiger partial charge in [-0.15, -0.1) is 0 Å². The van der Waals surface area contributed by atoms with Crippen LogP contribution in [0.15, 0.2) is 30.3 Å². The van der Waals surface area contributed by atoms with Crippen molar-refractivity contribution in [2.75, 3.05) is 0 Å². The minimum absolute atomic E-state index is 0.107. The summed E-state index contributed by atoms with van der Waals surface area (Å²) in [5.41, 5.74) is 0.907. The van der Waals surface area contributed by atoms with Crippen LogP contribution >= 0.6 is 23.2 Å². The molecule has 0 aliphatic rings. The van der Waals surface area contributed by atoms with Gasteiger partial charge in [-0.1, -0.05) is 41.4 Å². The summed E-state index contributed by atoms with van der Waals surface area (Å²) in [6.45, 7) is 0. The third-order valence-corrected chi connectivity index (χ3v) is 3.12. The fourth-order valence-corrected chi connectivity index (χ4v) is 2.28. The molecule has 0 radical (unpaired) electrons. The lowest BCUT2D eigenvalue weighted by Crippen LogP contribution is -1.93. The third kappa shape index (κ3) is 1.88. The smallest absolute Gasteiger partial charge is 0.153 e. The molecule has 0 saturated carbocycles. The number of benzene rings is 1. The van der Waals surface area contributed by atoms with Gasteiger partial charge >= 0.3 is 0 Å². The zero-order valence-electron chi connectivity index (χ0n) is 8.56. The molecule has 0 spiro atoms. The summed E-state index contributed by atoms with van der Waals surface area (Å²) < 4.78 is 1.45. The van der Waals surface area contributed by atoms with E-state index in [1.54, 1.807) is 12.1 Å². The van der Waals surface area contributed by atoms with E-state index in [4.69, 9.17) is 23.2 Å². The Bertz CT molecular complexity index is 544. The van der Waals surface area contributed by atoms with Crippen molar-refractivity contribution in [3.05, 3.63) is 51.8 Å². The van der Waals surface area contributed by atoms with Gasteiger partial charge in [-0.2, -0.15) is 0 Å². The fraction of sp³-hybridized carbons (Fsp3) is 0. The molecule has 86 valence electrons. The zero-order chi connectivity index (χ0) is 12.4. The number of hydrogen-bond acceptors (Lipinski definition) is 2. The third-order valence-electron chi connectivity index (χ3n) is 2.38. The molecule has 17 heavy (non-hydrogen) atoms. The van der Waals surface area contributed by atoms with Gasteiger partial charge in [-0.3, -0.25) is 14.2 Å². The van der Waals surface area contributed by atoms with Crippen molar-refractivity contribution < 1.29 is 9.59 Å². The summed E-state index contributed by atoms with van der Waals surface area (Å²) >= 11 is 12.1. The summed E-state index contributed by atoms with van der Waals surface area (Å²) in [5.74, 6) is 0. The van der Waals surface area contributed by atoms with Gasteiger partial charge in [-0.25, -0.2) is 0 Å². The second kappa shape index (κ2) is 4.73. The van der Waals surface area contributed by atoms with Gasteiger partial charge in [0, 0.05) is 5.69 Å². The lowest BCUT2D eigenvalue weighted by molar-refractivity contribution is 0.109. The van der Waals surface area contributed by atoms with Crippen molar-refractivity contribution >= 4 is 35.8 Å². The number of para-hydroxylation sites is 1. The lowest BCUT2D eigenvalue weighted by Gasteiger charge is -2.05. The number of aldehydes is 2. The largest absolute Gasteiger partial charge is 0.298 e. The Labute approximate surface area is 108 Å². The molecular formula is C12H7Cl2NO2. The van der Waals surface area contributed by atoms with Crippen LogP contribution in [0.3, 0.4) is 0 Å². The molecule has 0 saturated heterocycles. The first-order valence-corrected chi connectivity index (χ1v) is 5.51. The molecule has 1 aromatic carbocycles. The van der Waals surface area contributed by atoms with E-state index in [0.717, 1.165) is 0 Å². The molecule has 0 bridgehead atoms. The normalized spacial score (nSPS) is 10.2. The average molecular weight is 268 g/mol. The molecule has 0 N–H and O–H groups in total. The van der Waals surface area contributed by atoms with Crippen molar-refractivity contribution in [1.29, 1.82) is 0 Å². The molecule has 0 amide bonds. The SMILES string of the molecule is O=Cc1c(C=O)c(Cl)n(-c2ccccc2)c1Cl. The predicted molar refractivity (Wildman–Crippen MR) is 66.6 cm³/mol. The lowest BCUT2D eigenvalue weighted by atomic mass is 10.2. The summed E-state index contributed by atoms with van der Waals surface area (Å²) in [7, 11) is 0. The van der Waals surface area contributed by atoms with Crippen LogP contribution in [0.5, 0.6) is 0 Å². The Balaban J connectivity index is 2.75. The number of carbonyl (C=O) groups excluding carboxylic acids is 2. The maximum Gasteiger partial charge on any atom is 0.153 e. The number of rotatable bonds is 3. The summed E-state index contributed by atoms with van der Waals surface area (Å²) in [6.07, 6.45) is 1.05.